The molecule has 6 heteroatoms. The quantitative estimate of drug-likeness (QED) is 0.769. The van der Waals surface area contributed by atoms with E-state index >= 15 is 0 Å². The van der Waals surface area contributed by atoms with Crippen molar-refractivity contribution in [1.29, 1.82) is 0 Å². The molecule has 1 rings (SSSR count). The van der Waals surface area contributed by atoms with Gasteiger partial charge in [0.1, 0.15) is 5.60 Å². The van der Waals surface area contributed by atoms with Crippen LogP contribution in [-0.2, 0) is 16.1 Å². The first-order valence-electron chi connectivity index (χ1n) is 8.55. The zero-order valence-corrected chi connectivity index (χ0v) is 16.3. The van der Waals surface area contributed by atoms with Crippen LogP contribution in [0.3, 0.4) is 0 Å². The summed E-state index contributed by atoms with van der Waals surface area (Å²) in [5.41, 5.74) is 1.71. The maximum absolute atomic E-state index is 12.2. The van der Waals surface area contributed by atoms with Gasteiger partial charge in [-0.05, 0) is 44.9 Å². The molecule has 0 fully saturated rings. The molecule has 0 aliphatic rings. The van der Waals surface area contributed by atoms with Crippen LogP contribution in [0.4, 0.5) is 10.5 Å². The molecular formula is C19H31N3O3. The van der Waals surface area contributed by atoms with Gasteiger partial charge in [0, 0.05) is 46.3 Å². The highest BCUT2D eigenvalue weighted by molar-refractivity contribution is 5.76. The van der Waals surface area contributed by atoms with E-state index in [0.29, 0.717) is 25.9 Å². The Morgan fingerprint density at radius 3 is 2.20 bits per heavy atom. The molecule has 0 saturated carbocycles. The lowest BCUT2D eigenvalue weighted by Gasteiger charge is -2.20. The number of nitrogens with one attached hydrogen (secondary N) is 1. The number of rotatable bonds is 7. The van der Waals surface area contributed by atoms with Crippen molar-refractivity contribution in [2.24, 2.45) is 0 Å². The summed E-state index contributed by atoms with van der Waals surface area (Å²) in [5, 5.41) is 2.66. The second-order valence-electron chi connectivity index (χ2n) is 7.34. The topological polar surface area (TPSA) is 61.9 Å². The van der Waals surface area contributed by atoms with Crippen LogP contribution in [0, 0.1) is 0 Å². The lowest BCUT2D eigenvalue weighted by atomic mass is 10.2. The summed E-state index contributed by atoms with van der Waals surface area (Å²) in [7, 11) is 5.79. The van der Waals surface area contributed by atoms with Crippen LogP contribution in [-0.4, -0.2) is 50.2 Å². The fourth-order valence-electron chi connectivity index (χ4n) is 2.20. The van der Waals surface area contributed by atoms with Gasteiger partial charge >= 0.3 is 6.09 Å². The van der Waals surface area contributed by atoms with Gasteiger partial charge in [-0.25, -0.2) is 4.79 Å². The minimum Gasteiger partial charge on any atom is -0.444 e. The van der Waals surface area contributed by atoms with E-state index in [-0.39, 0.29) is 5.91 Å². The third-order valence-electron chi connectivity index (χ3n) is 3.53. The first-order valence-corrected chi connectivity index (χ1v) is 8.55. The van der Waals surface area contributed by atoms with E-state index in [4.69, 9.17) is 4.74 Å². The molecule has 0 heterocycles. The van der Waals surface area contributed by atoms with Crippen LogP contribution in [0.5, 0.6) is 0 Å². The summed E-state index contributed by atoms with van der Waals surface area (Å²) in [6.07, 6.45) is 0.527. The number of hydrogen-bond donors (Lipinski definition) is 1. The van der Waals surface area contributed by atoms with E-state index in [2.05, 4.69) is 5.32 Å². The van der Waals surface area contributed by atoms with Crippen LogP contribution >= 0.6 is 0 Å². The maximum Gasteiger partial charge on any atom is 0.407 e. The summed E-state index contributed by atoms with van der Waals surface area (Å²) in [6.45, 7) is 6.44. The highest BCUT2D eigenvalue weighted by Crippen LogP contribution is 2.13. The van der Waals surface area contributed by atoms with Crippen LogP contribution < -0.4 is 10.2 Å². The van der Waals surface area contributed by atoms with Crippen molar-refractivity contribution in [3.05, 3.63) is 29.8 Å². The molecule has 1 aromatic carbocycles. The molecule has 0 bridgehead atoms. The largest absolute Gasteiger partial charge is 0.444 e. The summed E-state index contributed by atoms with van der Waals surface area (Å²) in [6, 6.07) is 8.14. The molecule has 2 amide bonds. The van der Waals surface area contributed by atoms with Crippen molar-refractivity contribution < 1.29 is 14.3 Å². The Morgan fingerprint density at radius 1 is 1.08 bits per heavy atom. The molecule has 6 nitrogen and oxygen atoms in total. The number of benzene rings is 1. The van der Waals surface area contributed by atoms with E-state index in [1.807, 2.05) is 64.0 Å². The van der Waals surface area contributed by atoms with Crippen molar-refractivity contribution >= 4 is 17.7 Å². The lowest BCUT2D eigenvalue weighted by molar-refractivity contribution is -0.130. The predicted octanol–water partition coefficient (Wildman–Crippen LogP) is 3.02. The smallest absolute Gasteiger partial charge is 0.407 e. The van der Waals surface area contributed by atoms with Crippen LogP contribution in [0.1, 0.15) is 39.2 Å². The zero-order valence-electron chi connectivity index (χ0n) is 16.3. The molecule has 0 saturated heterocycles. The Bertz CT molecular complexity index is 562. The van der Waals surface area contributed by atoms with Crippen molar-refractivity contribution in [1.82, 2.24) is 10.2 Å². The van der Waals surface area contributed by atoms with Gasteiger partial charge in [0.2, 0.25) is 5.91 Å². The van der Waals surface area contributed by atoms with Gasteiger partial charge in [-0.1, -0.05) is 12.1 Å². The van der Waals surface area contributed by atoms with Gasteiger partial charge in [-0.15, -0.1) is 0 Å². The monoisotopic (exact) mass is 349 g/mol. The number of carbonyl (C=O) groups excluding carboxylic acids is 2. The van der Waals surface area contributed by atoms with Gasteiger partial charge in [-0.2, -0.15) is 0 Å². The highest BCUT2D eigenvalue weighted by atomic mass is 16.6. The number of hydrogen-bond acceptors (Lipinski definition) is 4. The number of nitrogens with zero attached hydrogens (tertiary/aromatic N) is 2. The molecule has 0 spiro atoms. The molecule has 0 aliphatic carbocycles. The van der Waals surface area contributed by atoms with E-state index in [1.54, 1.807) is 11.9 Å². The molecule has 0 radical (unpaired) electrons. The average molecular weight is 349 g/mol. The molecule has 0 aromatic heterocycles. The Hall–Kier alpha value is -2.24. The minimum atomic E-state index is -0.512. The van der Waals surface area contributed by atoms with Gasteiger partial charge in [0.15, 0.2) is 0 Å². The van der Waals surface area contributed by atoms with E-state index in [9.17, 15) is 9.59 Å². The Labute approximate surface area is 151 Å². The lowest BCUT2D eigenvalue weighted by Crippen LogP contribution is -2.33. The van der Waals surface area contributed by atoms with E-state index in [1.165, 1.54) is 0 Å². The molecule has 0 atom stereocenters. The molecule has 0 aliphatic heterocycles. The summed E-state index contributed by atoms with van der Waals surface area (Å²) >= 11 is 0. The SMILES string of the molecule is CN(Cc1ccc(N(C)C)cc1)C(=O)CCCNC(=O)OC(C)(C)C. The van der Waals surface area contributed by atoms with Gasteiger partial charge < -0.3 is 19.9 Å². The molecule has 1 aromatic rings. The molecule has 25 heavy (non-hydrogen) atoms. The molecule has 0 unspecified atom stereocenters. The van der Waals surface area contributed by atoms with Gasteiger partial charge in [0.05, 0.1) is 0 Å². The van der Waals surface area contributed by atoms with Gasteiger partial charge in [-0.3, -0.25) is 4.79 Å². The Kier molecular flexibility index (Phi) is 7.74. The number of anilines is 1. The fraction of sp³-hybridized carbons (Fsp3) is 0.579. The zero-order chi connectivity index (χ0) is 19.0. The average Bonchev–Trinajstić information content (AvgIpc) is 2.50. The van der Waals surface area contributed by atoms with Gasteiger partial charge in [0.25, 0.3) is 0 Å². The number of carbonyl (C=O) groups is 2. The second kappa shape index (κ2) is 9.30. The summed E-state index contributed by atoms with van der Waals surface area (Å²) in [5.74, 6) is 0.0580. The maximum atomic E-state index is 12.2. The van der Waals surface area contributed by atoms with E-state index < -0.39 is 11.7 Å². The Balaban J connectivity index is 2.31. The second-order valence-corrected chi connectivity index (χ2v) is 7.34. The number of alkyl carbamates (subject to hydrolysis) is 1. The summed E-state index contributed by atoms with van der Waals surface area (Å²) in [4.78, 5) is 27.4. The van der Waals surface area contributed by atoms with Crippen LogP contribution in [0.25, 0.3) is 0 Å². The van der Waals surface area contributed by atoms with Crippen molar-refractivity contribution in [2.75, 3.05) is 32.6 Å². The van der Waals surface area contributed by atoms with Crippen molar-refractivity contribution in [2.45, 2.75) is 45.8 Å². The normalized spacial score (nSPS) is 11.0. The highest BCUT2D eigenvalue weighted by Gasteiger charge is 2.16. The van der Waals surface area contributed by atoms with E-state index in [0.717, 1.165) is 11.3 Å². The van der Waals surface area contributed by atoms with Crippen molar-refractivity contribution in [3.8, 4) is 0 Å². The predicted molar refractivity (Wildman–Crippen MR) is 101 cm³/mol. The molecular weight excluding hydrogens is 318 g/mol. The third kappa shape index (κ3) is 8.42. The third-order valence-corrected chi connectivity index (χ3v) is 3.53. The minimum absolute atomic E-state index is 0.0580. The van der Waals surface area contributed by atoms with Crippen molar-refractivity contribution in [3.63, 3.8) is 0 Å². The summed E-state index contributed by atoms with van der Waals surface area (Å²) < 4.78 is 5.15. The van der Waals surface area contributed by atoms with Crippen LogP contribution in [0.15, 0.2) is 24.3 Å². The molecule has 140 valence electrons. The van der Waals surface area contributed by atoms with Crippen LogP contribution in [0.2, 0.25) is 0 Å². The first kappa shape index (κ1) is 20.8. The standard InChI is InChI=1S/C19H31N3O3/c1-19(2,3)25-18(24)20-13-7-8-17(23)22(6)14-15-9-11-16(12-10-15)21(4)5/h9-12H,7-8,13-14H2,1-6H3,(H,20,24). The number of ether oxygens (including phenoxy) is 1. The first-order chi connectivity index (χ1) is 11.6. The Morgan fingerprint density at radius 2 is 1.68 bits per heavy atom. The fourth-order valence-corrected chi connectivity index (χ4v) is 2.20. The number of amides is 2. The molecule has 1 N–H and O–H groups in total.